The number of nitro groups is 1. The molecule has 5 heteroatoms. The highest BCUT2D eigenvalue weighted by molar-refractivity contribution is 5.56. The second-order valence-electron chi connectivity index (χ2n) is 4.94. The highest BCUT2D eigenvalue weighted by atomic mass is 16.6. The van der Waals surface area contributed by atoms with Crippen LogP contribution >= 0.6 is 0 Å². The Bertz CT molecular complexity index is 448. The Morgan fingerprint density at radius 2 is 2.17 bits per heavy atom. The van der Waals surface area contributed by atoms with Crippen molar-refractivity contribution in [3.63, 3.8) is 0 Å². The van der Waals surface area contributed by atoms with Crippen LogP contribution in [0.3, 0.4) is 0 Å². The quantitative estimate of drug-likeness (QED) is 0.658. The van der Waals surface area contributed by atoms with E-state index in [1.807, 2.05) is 0 Å². The van der Waals surface area contributed by atoms with E-state index in [2.05, 4.69) is 12.2 Å². The van der Waals surface area contributed by atoms with Crippen LogP contribution in [0.4, 0.5) is 11.4 Å². The Morgan fingerprint density at radius 1 is 1.39 bits per heavy atom. The maximum Gasteiger partial charge on any atom is 0.275 e. The highest BCUT2D eigenvalue weighted by Crippen LogP contribution is 2.31. The molecule has 1 N–H and O–H groups in total. The van der Waals surface area contributed by atoms with E-state index in [1.165, 1.54) is 19.6 Å². The topological polar surface area (TPSA) is 64.4 Å². The lowest BCUT2D eigenvalue weighted by molar-refractivity contribution is -0.384. The van der Waals surface area contributed by atoms with Crippen molar-refractivity contribution >= 4 is 11.4 Å². The fraction of sp³-hybridized carbons (Fsp3) is 0.538. The smallest absolute Gasteiger partial charge is 0.275 e. The van der Waals surface area contributed by atoms with Crippen molar-refractivity contribution < 1.29 is 9.66 Å². The van der Waals surface area contributed by atoms with Gasteiger partial charge in [0.05, 0.1) is 18.1 Å². The van der Waals surface area contributed by atoms with Crippen LogP contribution < -0.4 is 10.1 Å². The molecule has 2 atom stereocenters. The Kier molecular flexibility index (Phi) is 3.69. The lowest BCUT2D eigenvalue weighted by Gasteiger charge is -2.14. The molecule has 0 spiro atoms. The van der Waals surface area contributed by atoms with Crippen molar-refractivity contribution in [2.45, 2.75) is 32.2 Å². The molecule has 0 radical (unpaired) electrons. The zero-order valence-electron chi connectivity index (χ0n) is 10.7. The summed E-state index contributed by atoms with van der Waals surface area (Å²) in [6.45, 7) is 2.23. The van der Waals surface area contributed by atoms with Crippen LogP contribution in [0.2, 0.25) is 0 Å². The van der Waals surface area contributed by atoms with Gasteiger partial charge in [-0.05, 0) is 25.2 Å². The van der Waals surface area contributed by atoms with Crippen molar-refractivity contribution in [1.29, 1.82) is 0 Å². The Labute approximate surface area is 106 Å². The molecule has 0 amide bonds. The number of nitrogens with one attached hydrogen (secondary N) is 1. The van der Waals surface area contributed by atoms with Crippen LogP contribution in [0.15, 0.2) is 18.2 Å². The van der Waals surface area contributed by atoms with Gasteiger partial charge in [-0.1, -0.05) is 6.92 Å². The van der Waals surface area contributed by atoms with Crippen molar-refractivity contribution in [3.8, 4) is 5.75 Å². The summed E-state index contributed by atoms with van der Waals surface area (Å²) >= 11 is 0. The first-order valence-corrected chi connectivity index (χ1v) is 6.18. The number of non-ortho nitro benzene ring substituents is 1. The molecule has 1 aliphatic rings. The maximum absolute atomic E-state index is 10.8. The van der Waals surface area contributed by atoms with Crippen molar-refractivity contribution in [2.75, 3.05) is 12.4 Å². The van der Waals surface area contributed by atoms with Gasteiger partial charge in [0.2, 0.25) is 0 Å². The second-order valence-corrected chi connectivity index (χ2v) is 4.94. The van der Waals surface area contributed by atoms with Gasteiger partial charge in [0.15, 0.2) is 0 Å². The molecule has 0 heterocycles. The third-order valence-electron chi connectivity index (χ3n) is 3.40. The second kappa shape index (κ2) is 5.25. The van der Waals surface area contributed by atoms with E-state index in [9.17, 15) is 10.1 Å². The molecule has 1 aromatic carbocycles. The first-order chi connectivity index (χ1) is 8.58. The van der Waals surface area contributed by atoms with E-state index in [1.54, 1.807) is 12.1 Å². The van der Waals surface area contributed by atoms with Gasteiger partial charge in [0.25, 0.3) is 5.69 Å². The molecule has 18 heavy (non-hydrogen) atoms. The van der Waals surface area contributed by atoms with E-state index in [4.69, 9.17) is 4.74 Å². The Balaban J connectivity index is 2.16. The molecule has 1 aliphatic carbocycles. The molecule has 98 valence electrons. The summed E-state index contributed by atoms with van der Waals surface area (Å²) in [5.74, 6) is 1.24. The molecule has 0 aliphatic heterocycles. The van der Waals surface area contributed by atoms with Gasteiger partial charge < -0.3 is 10.1 Å². The normalized spacial score (nSPS) is 22.8. The minimum Gasteiger partial charge on any atom is -0.496 e. The zero-order valence-corrected chi connectivity index (χ0v) is 10.7. The molecule has 1 saturated carbocycles. The van der Waals surface area contributed by atoms with E-state index in [0.29, 0.717) is 11.8 Å². The largest absolute Gasteiger partial charge is 0.496 e. The van der Waals surface area contributed by atoms with E-state index >= 15 is 0 Å². The first-order valence-electron chi connectivity index (χ1n) is 6.18. The number of anilines is 1. The molecular weight excluding hydrogens is 232 g/mol. The summed E-state index contributed by atoms with van der Waals surface area (Å²) in [5.41, 5.74) is 0.822. The number of methoxy groups -OCH3 is 1. The lowest BCUT2D eigenvalue weighted by atomic mass is 10.1. The van der Waals surface area contributed by atoms with Gasteiger partial charge in [-0.15, -0.1) is 0 Å². The maximum atomic E-state index is 10.8. The highest BCUT2D eigenvalue weighted by Gasteiger charge is 2.21. The van der Waals surface area contributed by atoms with E-state index < -0.39 is 4.92 Å². The summed E-state index contributed by atoms with van der Waals surface area (Å²) < 4.78 is 5.09. The van der Waals surface area contributed by atoms with Gasteiger partial charge in [-0.2, -0.15) is 0 Å². The third kappa shape index (κ3) is 2.91. The number of rotatable bonds is 4. The zero-order chi connectivity index (χ0) is 13.1. The van der Waals surface area contributed by atoms with Crippen LogP contribution in [0.5, 0.6) is 5.75 Å². The van der Waals surface area contributed by atoms with E-state index in [0.717, 1.165) is 24.4 Å². The molecule has 0 saturated heterocycles. The molecule has 1 aromatic rings. The minimum atomic E-state index is -0.398. The average Bonchev–Trinajstić information content (AvgIpc) is 2.74. The van der Waals surface area contributed by atoms with Crippen LogP contribution in [0.1, 0.15) is 26.2 Å². The standard InChI is InChI=1S/C13H18N2O3/c1-9-3-4-10(5-9)14-11-6-12(15(16)17)8-13(7-11)18-2/h6-10,14H,3-5H2,1-2H3. The van der Waals surface area contributed by atoms with Crippen LogP contribution in [-0.4, -0.2) is 18.1 Å². The summed E-state index contributed by atoms with van der Waals surface area (Å²) in [6.07, 6.45) is 3.45. The predicted octanol–water partition coefficient (Wildman–Crippen LogP) is 3.20. The van der Waals surface area contributed by atoms with E-state index in [-0.39, 0.29) is 5.69 Å². The Hall–Kier alpha value is -1.78. The molecule has 2 unspecified atom stereocenters. The Morgan fingerprint density at radius 3 is 2.72 bits per heavy atom. The number of nitrogens with zero attached hydrogens (tertiary/aromatic N) is 1. The van der Waals surface area contributed by atoms with Crippen LogP contribution in [-0.2, 0) is 0 Å². The number of nitro benzene ring substituents is 1. The van der Waals surface area contributed by atoms with Crippen LogP contribution in [0, 0.1) is 16.0 Å². The fourth-order valence-corrected chi connectivity index (χ4v) is 2.46. The van der Waals surface area contributed by atoms with Gasteiger partial charge >= 0.3 is 0 Å². The summed E-state index contributed by atoms with van der Waals surface area (Å²) in [6, 6.07) is 5.20. The number of benzene rings is 1. The molecule has 2 rings (SSSR count). The predicted molar refractivity (Wildman–Crippen MR) is 70.1 cm³/mol. The monoisotopic (exact) mass is 250 g/mol. The van der Waals surface area contributed by atoms with Gasteiger partial charge in [-0.3, -0.25) is 10.1 Å². The summed E-state index contributed by atoms with van der Waals surface area (Å²) in [4.78, 5) is 10.4. The summed E-state index contributed by atoms with van der Waals surface area (Å²) in [5, 5.41) is 14.2. The number of hydrogen-bond donors (Lipinski definition) is 1. The van der Waals surface area contributed by atoms with Crippen molar-refractivity contribution in [1.82, 2.24) is 0 Å². The lowest BCUT2D eigenvalue weighted by Crippen LogP contribution is -2.15. The van der Waals surface area contributed by atoms with Gasteiger partial charge in [0.1, 0.15) is 5.75 Å². The van der Waals surface area contributed by atoms with Gasteiger partial charge in [-0.25, -0.2) is 0 Å². The first kappa shape index (κ1) is 12.7. The molecular formula is C13H18N2O3. The molecule has 1 fully saturated rings. The summed E-state index contributed by atoms with van der Waals surface area (Å²) in [7, 11) is 1.51. The van der Waals surface area contributed by atoms with Crippen molar-refractivity contribution in [3.05, 3.63) is 28.3 Å². The number of hydrogen-bond acceptors (Lipinski definition) is 4. The molecule has 5 nitrogen and oxygen atoms in total. The molecule has 0 aromatic heterocycles. The minimum absolute atomic E-state index is 0.0582. The van der Waals surface area contributed by atoms with Crippen LogP contribution in [0.25, 0.3) is 0 Å². The third-order valence-corrected chi connectivity index (χ3v) is 3.40. The SMILES string of the molecule is COc1cc(NC2CCC(C)C2)cc([N+](=O)[O-])c1. The fourth-order valence-electron chi connectivity index (χ4n) is 2.46. The number of ether oxygens (including phenoxy) is 1. The molecule has 0 bridgehead atoms. The van der Waals surface area contributed by atoms with Gasteiger partial charge in [0, 0.05) is 23.9 Å². The average molecular weight is 250 g/mol. The van der Waals surface area contributed by atoms with Crippen molar-refractivity contribution in [2.24, 2.45) is 5.92 Å².